The molecule has 5 nitrogen and oxygen atoms in total. The van der Waals surface area contributed by atoms with Gasteiger partial charge in [-0.1, -0.05) is 19.1 Å². The summed E-state index contributed by atoms with van der Waals surface area (Å²) in [5, 5.41) is 7.05. The molecule has 0 spiro atoms. The summed E-state index contributed by atoms with van der Waals surface area (Å²) in [6, 6.07) is 9.68. The summed E-state index contributed by atoms with van der Waals surface area (Å²) in [6.07, 6.45) is 4.01. The number of hydrogen-bond donors (Lipinski definition) is 2. The molecule has 0 aliphatic heterocycles. The number of carbonyl (C=O) groups excluding carboxylic acids is 1. The molecule has 0 bridgehead atoms. The molecule has 1 atom stereocenters. The topological polar surface area (TPSA) is 72.9 Å². The summed E-state index contributed by atoms with van der Waals surface area (Å²) < 4.78 is 1.78. The van der Waals surface area contributed by atoms with E-state index in [0.29, 0.717) is 25.4 Å². The standard InChI is InChI=1S/C15H20N4O.ClH/c1-12(10-16)11-17-15(20)9-13-3-5-14(6-4-13)19-8-2-7-18-19;/h2-8,12H,9-11,16H2,1H3,(H,17,20);1H. The van der Waals surface area contributed by atoms with Gasteiger partial charge in [-0.2, -0.15) is 5.10 Å². The number of carbonyl (C=O) groups is 1. The van der Waals surface area contributed by atoms with Crippen LogP contribution in [0.5, 0.6) is 0 Å². The molecule has 0 fully saturated rings. The maximum absolute atomic E-state index is 11.8. The molecule has 0 saturated heterocycles. The van der Waals surface area contributed by atoms with Crippen molar-refractivity contribution in [2.24, 2.45) is 11.7 Å². The van der Waals surface area contributed by atoms with Gasteiger partial charge < -0.3 is 11.1 Å². The molecule has 0 aliphatic carbocycles. The van der Waals surface area contributed by atoms with Crippen LogP contribution in [0.15, 0.2) is 42.7 Å². The number of nitrogens with one attached hydrogen (secondary N) is 1. The predicted octanol–water partition coefficient (Wildman–Crippen LogP) is 1.55. The van der Waals surface area contributed by atoms with Crippen LogP contribution in [-0.2, 0) is 11.2 Å². The van der Waals surface area contributed by atoms with Gasteiger partial charge in [0.2, 0.25) is 5.91 Å². The van der Waals surface area contributed by atoms with E-state index in [1.54, 1.807) is 10.9 Å². The summed E-state index contributed by atoms with van der Waals surface area (Å²) in [5.74, 6) is 0.332. The molecule has 6 heteroatoms. The molecule has 1 unspecified atom stereocenters. The Labute approximate surface area is 130 Å². The average Bonchev–Trinajstić information content (AvgIpc) is 2.99. The van der Waals surface area contributed by atoms with E-state index in [4.69, 9.17) is 5.73 Å². The first kappa shape index (κ1) is 17.2. The highest BCUT2D eigenvalue weighted by Gasteiger charge is 2.05. The lowest BCUT2D eigenvalue weighted by Gasteiger charge is -2.10. The van der Waals surface area contributed by atoms with Crippen LogP contribution in [0.2, 0.25) is 0 Å². The Balaban J connectivity index is 0.00000220. The Hall–Kier alpha value is -1.85. The fourth-order valence-corrected chi connectivity index (χ4v) is 1.81. The minimum absolute atomic E-state index is 0. The Kier molecular flexibility index (Phi) is 6.91. The second-order valence-electron chi connectivity index (χ2n) is 4.94. The monoisotopic (exact) mass is 308 g/mol. The van der Waals surface area contributed by atoms with Crippen LogP contribution in [0, 0.1) is 5.92 Å². The number of nitrogens with two attached hydrogens (primary N) is 1. The van der Waals surface area contributed by atoms with E-state index in [1.165, 1.54) is 0 Å². The van der Waals surface area contributed by atoms with E-state index in [1.807, 2.05) is 43.5 Å². The van der Waals surface area contributed by atoms with Crippen molar-refractivity contribution < 1.29 is 4.79 Å². The van der Waals surface area contributed by atoms with Crippen LogP contribution >= 0.6 is 12.4 Å². The third kappa shape index (κ3) is 5.21. The first-order valence-corrected chi connectivity index (χ1v) is 6.74. The number of amides is 1. The van der Waals surface area contributed by atoms with E-state index in [9.17, 15) is 4.79 Å². The zero-order chi connectivity index (χ0) is 14.4. The van der Waals surface area contributed by atoms with Gasteiger partial charge in [-0.15, -0.1) is 12.4 Å². The number of hydrogen-bond acceptors (Lipinski definition) is 3. The smallest absolute Gasteiger partial charge is 0.224 e. The molecule has 2 aromatic rings. The van der Waals surface area contributed by atoms with Crippen LogP contribution in [0.25, 0.3) is 5.69 Å². The Morgan fingerprint density at radius 3 is 2.67 bits per heavy atom. The number of aromatic nitrogens is 2. The molecule has 2 rings (SSSR count). The SMILES string of the molecule is CC(CN)CNC(=O)Cc1ccc(-n2cccn2)cc1.Cl. The van der Waals surface area contributed by atoms with Crippen LogP contribution in [-0.4, -0.2) is 28.8 Å². The third-order valence-corrected chi connectivity index (χ3v) is 3.12. The van der Waals surface area contributed by atoms with Gasteiger partial charge >= 0.3 is 0 Å². The zero-order valence-electron chi connectivity index (χ0n) is 12.0. The largest absolute Gasteiger partial charge is 0.356 e. The molecule has 1 aromatic carbocycles. The van der Waals surface area contributed by atoms with E-state index >= 15 is 0 Å². The molecule has 0 aliphatic rings. The van der Waals surface area contributed by atoms with Crippen molar-refractivity contribution >= 4 is 18.3 Å². The minimum Gasteiger partial charge on any atom is -0.356 e. The third-order valence-electron chi connectivity index (χ3n) is 3.12. The quantitative estimate of drug-likeness (QED) is 0.850. The van der Waals surface area contributed by atoms with E-state index in [-0.39, 0.29) is 18.3 Å². The molecule has 3 N–H and O–H groups in total. The summed E-state index contributed by atoms with van der Waals surface area (Å²) in [7, 11) is 0. The van der Waals surface area contributed by atoms with Crippen LogP contribution in [0.3, 0.4) is 0 Å². The number of nitrogens with zero attached hydrogens (tertiary/aromatic N) is 2. The van der Waals surface area contributed by atoms with Gasteiger partial charge in [0.15, 0.2) is 0 Å². The Bertz CT molecular complexity index is 539. The molecule has 1 amide bonds. The summed E-state index contributed by atoms with van der Waals surface area (Å²) >= 11 is 0. The maximum atomic E-state index is 11.8. The van der Waals surface area contributed by atoms with Gasteiger partial charge in [-0.3, -0.25) is 4.79 Å². The van der Waals surface area contributed by atoms with Crippen LogP contribution < -0.4 is 11.1 Å². The fourth-order valence-electron chi connectivity index (χ4n) is 1.81. The Morgan fingerprint density at radius 2 is 2.10 bits per heavy atom. The molecule has 114 valence electrons. The summed E-state index contributed by atoms with van der Waals surface area (Å²) in [6.45, 7) is 3.22. The Morgan fingerprint density at radius 1 is 1.38 bits per heavy atom. The highest BCUT2D eigenvalue weighted by atomic mass is 35.5. The van der Waals surface area contributed by atoms with Gasteiger partial charge in [0.05, 0.1) is 12.1 Å². The first-order valence-electron chi connectivity index (χ1n) is 6.74. The molecule has 0 saturated carbocycles. The van der Waals surface area contributed by atoms with Crippen molar-refractivity contribution in [3.63, 3.8) is 0 Å². The molecule has 0 radical (unpaired) electrons. The van der Waals surface area contributed by atoms with Crippen molar-refractivity contribution in [3.8, 4) is 5.69 Å². The first-order chi connectivity index (χ1) is 9.69. The summed E-state index contributed by atoms with van der Waals surface area (Å²) in [4.78, 5) is 11.8. The average molecular weight is 309 g/mol. The number of halogens is 1. The zero-order valence-corrected chi connectivity index (χ0v) is 12.8. The molecule has 1 aromatic heterocycles. The van der Waals surface area contributed by atoms with Gasteiger partial charge in [0.25, 0.3) is 0 Å². The van der Waals surface area contributed by atoms with E-state index in [2.05, 4.69) is 10.4 Å². The van der Waals surface area contributed by atoms with Crippen molar-refractivity contribution in [3.05, 3.63) is 48.3 Å². The minimum atomic E-state index is 0. The van der Waals surface area contributed by atoms with E-state index in [0.717, 1.165) is 11.3 Å². The number of benzene rings is 1. The number of rotatable bonds is 6. The molecule has 1 heterocycles. The second-order valence-corrected chi connectivity index (χ2v) is 4.94. The van der Waals surface area contributed by atoms with Crippen LogP contribution in [0.4, 0.5) is 0 Å². The molecule has 21 heavy (non-hydrogen) atoms. The van der Waals surface area contributed by atoms with Crippen molar-refractivity contribution in [2.75, 3.05) is 13.1 Å². The van der Waals surface area contributed by atoms with Gasteiger partial charge in [0.1, 0.15) is 0 Å². The van der Waals surface area contributed by atoms with Gasteiger partial charge in [0, 0.05) is 18.9 Å². The molecular weight excluding hydrogens is 288 g/mol. The lowest BCUT2D eigenvalue weighted by molar-refractivity contribution is -0.120. The van der Waals surface area contributed by atoms with Gasteiger partial charge in [-0.25, -0.2) is 4.68 Å². The van der Waals surface area contributed by atoms with E-state index < -0.39 is 0 Å². The summed E-state index contributed by atoms with van der Waals surface area (Å²) in [5.41, 5.74) is 7.48. The predicted molar refractivity (Wildman–Crippen MR) is 85.7 cm³/mol. The highest BCUT2D eigenvalue weighted by molar-refractivity contribution is 5.85. The highest BCUT2D eigenvalue weighted by Crippen LogP contribution is 2.09. The lowest BCUT2D eigenvalue weighted by atomic mass is 10.1. The van der Waals surface area contributed by atoms with Crippen molar-refractivity contribution in [1.29, 1.82) is 0 Å². The van der Waals surface area contributed by atoms with Crippen molar-refractivity contribution in [2.45, 2.75) is 13.3 Å². The fraction of sp³-hybridized carbons (Fsp3) is 0.333. The maximum Gasteiger partial charge on any atom is 0.224 e. The van der Waals surface area contributed by atoms with Gasteiger partial charge in [-0.05, 0) is 36.2 Å². The van der Waals surface area contributed by atoms with Crippen molar-refractivity contribution in [1.82, 2.24) is 15.1 Å². The molecular formula is C15H21ClN4O. The second kappa shape index (κ2) is 8.44. The normalized spacial score (nSPS) is 11.5. The van der Waals surface area contributed by atoms with Crippen LogP contribution in [0.1, 0.15) is 12.5 Å². The lowest BCUT2D eigenvalue weighted by Crippen LogP contribution is -2.32.